The van der Waals surface area contributed by atoms with Crippen molar-refractivity contribution in [2.45, 2.75) is 6.42 Å². The molecule has 0 spiro atoms. The maximum Gasteiger partial charge on any atom is 0.253 e. The van der Waals surface area contributed by atoms with Crippen LogP contribution < -0.4 is 22.5 Å². The van der Waals surface area contributed by atoms with Crippen molar-refractivity contribution in [1.82, 2.24) is 10.9 Å². The lowest BCUT2D eigenvalue weighted by molar-refractivity contribution is -0.140. The summed E-state index contributed by atoms with van der Waals surface area (Å²) in [4.78, 5) is 22.9. The minimum Gasteiger partial charge on any atom is -0.293 e. The summed E-state index contributed by atoms with van der Waals surface area (Å²) in [7, 11) is 0. The van der Waals surface area contributed by atoms with Gasteiger partial charge in [-0.1, -0.05) is 24.3 Å². The predicted octanol–water partition coefficient (Wildman–Crippen LogP) is -1.53. The highest BCUT2D eigenvalue weighted by Crippen LogP contribution is 2.27. The van der Waals surface area contributed by atoms with E-state index in [9.17, 15) is 9.59 Å². The highest BCUT2D eigenvalue weighted by Gasteiger charge is 2.42. The average molecular weight is 196 g/mol. The Kier molecular flexibility index (Phi) is 3.00. The standard InChI is InChI=1S/C8H12N4O2/c9-11-6(13)8(7(14)12-10)4-2-1-3-5-8/h1-4H,5,9-10H2,(H,11,13)(H,12,14). The number of hydrogen-bond acceptors (Lipinski definition) is 4. The van der Waals surface area contributed by atoms with Crippen LogP contribution in [0.15, 0.2) is 24.3 Å². The molecule has 0 aliphatic heterocycles. The molecule has 2 amide bonds. The fourth-order valence-corrected chi connectivity index (χ4v) is 1.32. The lowest BCUT2D eigenvalue weighted by Crippen LogP contribution is -2.53. The van der Waals surface area contributed by atoms with Crippen molar-refractivity contribution >= 4 is 11.8 Å². The van der Waals surface area contributed by atoms with Crippen molar-refractivity contribution in [3.05, 3.63) is 24.3 Å². The van der Waals surface area contributed by atoms with Gasteiger partial charge in [0.1, 0.15) is 0 Å². The van der Waals surface area contributed by atoms with Gasteiger partial charge in [-0.05, 0) is 6.42 Å². The third kappa shape index (κ3) is 1.52. The van der Waals surface area contributed by atoms with Gasteiger partial charge < -0.3 is 0 Å². The van der Waals surface area contributed by atoms with Gasteiger partial charge in [-0.3, -0.25) is 20.4 Å². The van der Waals surface area contributed by atoms with Crippen molar-refractivity contribution in [3.8, 4) is 0 Å². The molecule has 0 saturated carbocycles. The van der Waals surface area contributed by atoms with Gasteiger partial charge in [-0.2, -0.15) is 0 Å². The predicted molar refractivity (Wildman–Crippen MR) is 50.0 cm³/mol. The van der Waals surface area contributed by atoms with Crippen LogP contribution in [0.5, 0.6) is 0 Å². The molecule has 0 radical (unpaired) electrons. The van der Waals surface area contributed by atoms with E-state index >= 15 is 0 Å². The molecular formula is C8H12N4O2. The van der Waals surface area contributed by atoms with Crippen LogP contribution in [0.2, 0.25) is 0 Å². The molecule has 0 aromatic heterocycles. The summed E-state index contributed by atoms with van der Waals surface area (Å²) in [5, 5.41) is 0. The van der Waals surface area contributed by atoms with Gasteiger partial charge >= 0.3 is 0 Å². The Balaban J connectivity index is 3.02. The Morgan fingerprint density at radius 1 is 1.14 bits per heavy atom. The van der Waals surface area contributed by atoms with Gasteiger partial charge in [0, 0.05) is 0 Å². The lowest BCUT2D eigenvalue weighted by Gasteiger charge is -2.26. The van der Waals surface area contributed by atoms with Crippen LogP contribution in [0.3, 0.4) is 0 Å². The number of carbonyl (C=O) groups is 2. The van der Waals surface area contributed by atoms with E-state index in [-0.39, 0.29) is 6.42 Å². The number of nitrogens with one attached hydrogen (secondary N) is 2. The number of carbonyl (C=O) groups excluding carboxylic acids is 2. The monoisotopic (exact) mass is 196 g/mol. The van der Waals surface area contributed by atoms with E-state index < -0.39 is 17.2 Å². The van der Waals surface area contributed by atoms with Crippen LogP contribution in [-0.4, -0.2) is 11.8 Å². The normalized spacial score (nSPS) is 17.6. The summed E-state index contributed by atoms with van der Waals surface area (Å²) >= 11 is 0. The van der Waals surface area contributed by atoms with Gasteiger partial charge in [-0.15, -0.1) is 0 Å². The van der Waals surface area contributed by atoms with Crippen LogP contribution >= 0.6 is 0 Å². The second kappa shape index (κ2) is 4.03. The topological polar surface area (TPSA) is 110 Å². The van der Waals surface area contributed by atoms with Crippen LogP contribution in [0.4, 0.5) is 0 Å². The van der Waals surface area contributed by atoms with E-state index in [0.29, 0.717) is 0 Å². The first-order valence-corrected chi connectivity index (χ1v) is 4.04. The number of amides is 2. The second-order valence-corrected chi connectivity index (χ2v) is 2.91. The van der Waals surface area contributed by atoms with Crippen LogP contribution in [0.25, 0.3) is 0 Å². The molecule has 0 bridgehead atoms. The minimum atomic E-state index is -1.32. The van der Waals surface area contributed by atoms with Crippen molar-refractivity contribution < 1.29 is 9.59 Å². The van der Waals surface area contributed by atoms with E-state index in [4.69, 9.17) is 11.7 Å². The van der Waals surface area contributed by atoms with Crippen LogP contribution in [-0.2, 0) is 9.59 Å². The highest BCUT2D eigenvalue weighted by molar-refractivity contribution is 6.07. The molecule has 0 aromatic carbocycles. The molecule has 6 nitrogen and oxygen atoms in total. The van der Waals surface area contributed by atoms with Gasteiger partial charge in [0.15, 0.2) is 5.41 Å². The second-order valence-electron chi connectivity index (χ2n) is 2.91. The first kappa shape index (κ1) is 10.4. The molecule has 1 rings (SSSR count). The zero-order chi connectivity index (χ0) is 10.6. The van der Waals surface area contributed by atoms with Crippen molar-refractivity contribution in [1.29, 1.82) is 0 Å². The number of hydrogen-bond donors (Lipinski definition) is 4. The lowest BCUT2D eigenvalue weighted by atomic mass is 9.80. The van der Waals surface area contributed by atoms with Crippen molar-refractivity contribution in [2.24, 2.45) is 17.1 Å². The van der Waals surface area contributed by atoms with E-state index in [0.717, 1.165) is 0 Å². The fraction of sp³-hybridized carbons (Fsp3) is 0.250. The maximum absolute atomic E-state index is 11.5. The first-order valence-electron chi connectivity index (χ1n) is 4.04. The van der Waals surface area contributed by atoms with Gasteiger partial charge in [0.05, 0.1) is 0 Å². The Labute approximate surface area is 81.0 Å². The molecule has 0 heterocycles. The van der Waals surface area contributed by atoms with Crippen molar-refractivity contribution in [2.75, 3.05) is 0 Å². The molecule has 0 saturated heterocycles. The molecule has 76 valence electrons. The fourth-order valence-electron chi connectivity index (χ4n) is 1.32. The Morgan fingerprint density at radius 2 is 1.71 bits per heavy atom. The largest absolute Gasteiger partial charge is 0.293 e. The van der Waals surface area contributed by atoms with Crippen LogP contribution in [0.1, 0.15) is 6.42 Å². The maximum atomic E-state index is 11.5. The molecule has 0 atom stereocenters. The Morgan fingerprint density at radius 3 is 2.07 bits per heavy atom. The number of hydrazine groups is 2. The summed E-state index contributed by atoms with van der Waals surface area (Å²) < 4.78 is 0. The molecule has 0 unspecified atom stereocenters. The number of rotatable bonds is 2. The number of nitrogens with two attached hydrogens (primary N) is 2. The van der Waals surface area contributed by atoms with E-state index in [2.05, 4.69) is 0 Å². The molecule has 6 heteroatoms. The Bertz CT molecular complexity index is 292. The van der Waals surface area contributed by atoms with E-state index in [1.54, 1.807) is 18.2 Å². The highest BCUT2D eigenvalue weighted by atomic mass is 16.2. The summed E-state index contributed by atoms with van der Waals surface area (Å²) in [6, 6.07) is 0. The summed E-state index contributed by atoms with van der Waals surface area (Å²) in [6.07, 6.45) is 6.76. The first-order chi connectivity index (χ1) is 6.67. The minimum absolute atomic E-state index is 0.246. The number of allylic oxidation sites excluding steroid dienone is 3. The van der Waals surface area contributed by atoms with E-state index in [1.165, 1.54) is 6.08 Å². The zero-order valence-corrected chi connectivity index (χ0v) is 7.49. The third-order valence-electron chi connectivity index (χ3n) is 2.14. The third-order valence-corrected chi connectivity index (χ3v) is 2.14. The molecule has 1 aliphatic carbocycles. The van der Waals surface area contributed by atoms with Gasteiger partial charge in [0.2, 0.25) is 0 Å². The summed E-state index contributed by atoms with van der Waals surface area (Å²) in [6.45, 7) is 0. The molecular weight excluding hydrogens is 184 g/mol. The van der Waals surface area contributed by atoms with Gasteiger partial charge in [0.25, 0.3) is 11.8 Å². The van der Waals surface area contributed by atoms with Crippen molar-refractivity contribution in [3.63, 3.8) is 0 Å². The van der Waals surface area contributed by atoms with Crippen LogP contribution in [0, 0.1) is 5.41 Å². The quantitative estimate of drug-likeness (QED) is 0.186. The SMILES string of the molecule is NNC(=O)C1(C(=O)NN)C=CC=CC1. The molecule has 6 N–H and O–H groups in total. The zero-order valence-electron chi connectivity index (χ0n) is 7.49. The molecule has 0 aromatic rings. The smallest absolute Gasteiger partial charge is 0.253 e. The van der Waals surface area contributed by atoms with Gasteiger partial charge in [-0.25, -0.2) is 11.7 Å². The molecule has 0 fully saturated rings. The molecule has 1 aliphatic rings. The Hall–Kier alpha value is -1.66. The molecule has 14 heavy (non-hydrogen) atoms. The summed E-state index contributed by atoms with van der Waals surface area (Å²) in [5.74, 6) is 8.84. The van der Waals surface area contributed by atoms with E-state index in [1.807, 2.05) is 10.9 Å². The average Bonchev–Trinajstić information content (AvgIpc) is 2.27. The summed E-state index contributed by atoms with van der Waals surface area (Å²) in [5.41, 5.74) is 2.58.